The maximum Gasteiger partial charge on any atom is 0.322 e. The number of rotatable bonds is 5. The molecule has 17 heavy (non-hydrogen) atoms. The summed E-state index contributed by atoms with van der Waals surface area (Å²) in [5, 5.41) is 0. The van der Waals surface area contributed by atoms with Gasteiger partial charge in [-0.25, -0.2) is 0 Å². The van der Waals surface area contributed by atoms with Crippen molar-refractivity contribution in [2.45, 2.75) is 32.9 Å². The van der Waals surface area contributed by atoms with Gasteiger partial charge in [0.2, 0.25) is 0 Å². The molecule has 0 bridgehead atoms. The van der Waals surface area contributed by atoms with Gasteiger partial charge in [0.05, 0.1) is 0 Å². The lowest BCUT2D eigenvalue weighted by atomic mass is 10.2. The Morgan fingerprint density at radius 2 is 1.88 bits per heavy atom. The minimum absolute atomic E-state index is 0.194. The molecule has 4 heteroatoms. The van der Waals surface area contributed by atoms with Crippen LogP contribution in [0.5, 0.6) is 5.75 Å². The maximum atomic E-state index is 11.1. The Bertz CT molecular complexity index is 359. The standard InChI is InChI=1S/C13H19NO3/c1-9-4-6-12(7-5-9)17-10(2)8-16-13(15)11(3)14/h4-7,10-11H,8,14H2,1-3H3/t10-,11-/m0/s1. The lowest BCUT2D eigenvalue weighted by Crippen LogP contribution is -2.31. The number of carbonyl (C=O) groups excluding carboxylic acids is 1. The predicted molar refractivity (Wildman–Crippen MR) is 65.9 cm³/mol. The van der Waals surface area contributed by atoms with Crippen LogP contribution >= 0.6 is 0 Å². The average molecular weight is 237 g/mol. The summed E-state index contributed by atoms with van der Waals surface area (Å²) in [5.41, 5.74) is 6.55. The molecule has 0 unspecified atom stereocenters. The van der Waals surface area contributed by atoms with E-state index in [1.165, 1.54) is 5.56 Å². The van der Waals surface area contributed by atoms with E-state index in [0.29, 0.717) is 0 Å². The number of nitrogens with two attached hydrogens (primary N) is 1. The van der Waals surface area contributed by atoms with Gasteiger partial charge < -0.3 is 15.2 Å². The monoisotopic (exact) mass is 237 g/mol. The van der Waals surface area contributed by atoms with Gasteiger partial charge in [-0.15, -0.1) is 0 Å². The van der Waals surface area contributed by atoms with E-state index < -0.39 is 12.0 Å². The van der Waals surface area contributed by atoms with E-state index in [0.717, 1.165) is 5.75 Å². The molecule has 0 heterocycles. The molecular formula is C13H19NO3. The van der Waals surface area contributed by atoms with Crippen LogP contribution in [0, 0.1) is 6.92 Å². The number of benzene rings is 1. The summed E-state index contributed by atoms with van der Waals surface area (Å²) in [6, 6.07) is 7.12. The number of ether oxygens (including phenoxy) is 2. The second kappa shape index (κ2) is 6.25. The quantitative estimate of drug-likeness (QED) is 0.791. The van der Waals surface area contributed by atoms with Crippen molar-refractivity contribution in [3.63, 3.8) is 0 Å². The molecule has 2 N–H and O–H groups in total. The molecule has 0 amide bonds. The normalized spacial score (nSPS) is 13.9. The third kappa shape index (κ3) is 4.87. The number of esters is 1. The first-order valence-corrected chi connectivity index (χ1v) is 5.64. The molecule has 0 fully saturated rings. The van der Waals surface area contributed by atoms with Gasteiger partial charge in [0, 0.05) is 0 Å². The van der Waals surface area contributed by atoms with Crippen molar-refractivity contribution in [3.05, 3.63) is 29.8 Å². The minimum Gasteiger partial charge on any atom is -0.487 e. The molecule has 0 aromatic heterocycles. The third-order valence-electron chi connectivity index (χ3n) is 2.19. The summed E-state index contributed by atoms with van der Waals surface area (Å²) in [6.45, 7) is 5.65. The molecular weight excluding hydrogens is 218 g/mol. The van der Waals surface area contributed by atoms with Crippen LogP contribution in [-0.4, -0.2) is 24.7 Å². The highest BCUT2D eigenvalue weighted by Crippen LogP contribution is 2.13. The molecule has 0 saturated heterocycles. The molecule has 0 saturated carbocycles. The second-order valence-electron chi connectivity index (χ2n) is 4.16. The zero-order valence-electron chi connectivity index (χ0n) is 10.5. The van der Waals surface area contributed by atoms with Crippen LogP contribution in [0.4, 0.5) is 0 Å². The smallest absolute Gasteiger partial charge is 0.322 e. The van der Waals surface area contributed by atoms with E-state index >= 15 is 0 Å². The van der Waals surface area contributed by atoms with E-state index in [4.69, 9.17) is 15.2 Å². The molecule has 0 aliphatic carbocycles. The number of aryl methyl sites for hydroxylation is 1. The molecule has 1 aromatic carbocycles. The van der Waals surface area contributed by atoms with E-state index in [1.54, 1.807) is 6.92 Å². The van der Waals surface area contributed by atoms with Crippen LogP contribution in [0.15, 0.2) is 24.3 Å². The molecule has 0 aliphatic rings. The topological polar surface area (TPSA) is 61.5 Å². The van der Waals surface area contributed by atoms with Crippen LogP contribution < -0.4 is 10.5 Å². The van der Waals surface area contributed by atoms with Crippen LogP contribution in [0.3, 0.4) is 0 Å². The SMILES string of the molecule is Cc1ccc(O[C@@H](C)COC(=O)[C@H](C)N)cc1. The minimum atomic E-state index is -0.596. The van der Waals surface area contributed by atoms with Gasteiger partial charge in [-0.1, -0.05) is 17.7 Å². The molecule has 0 aliphatic heterocycles. The van der Waals surface area contributed by atoms with E-state index in [9.17, 15) is 4.79 Å². The summed E-state index contributed by atoms with van der Waals surface area (Å²) in [7, 11) is 0. The van der Waals surface area contributed by atoms with Gasteiger partial charge >= 0.3 is 5.97 Å². The van der Waals surface area contributed by atoms with Gasteiger partial charge in [0.25, 0.3) is 0 Å². The van der Waals surface area contributed by atoms with Crippen molar-refractivity contribution in [1.29, 1.82) is 0 Å². The zero-order valence-corrected chi connectivity index (χ0v) is 10.5. The number of hydrogen-bond acceptors (Lipinski definition) is 4. The highest BCUT2D eigenvalue weighted by molar-refractivity contribution is 5.74. The van der Waals surface area contributed by atoms with E-state index in [1.807, 2.05) is 38.1 Å². The fraction of sp³-hybridized carbons (Fsp3) is 0.462. The fourth-order valence-corrected chi connectivity index (χ4v) is 1.21. The average Bonchev–Trinajstić information content (AvgIpc) is 2.29. The molecule has 0 spiro atoms. The van der Waals surface area contributed by atoms with Crippen molar-refractivity contribution in [2.24, 2.45) is 5.73 Å². The maximum absolute atomic E-state index is 11.1. The van der Waals surface area contributed by atoms with Crippen molar-refractivity contribution in [1.82, 2.24) is 0 Å². The van der Waals surface area contributed by atoms with Crippen molar-refractivity contribution in [2.75, 3.05) is 6.61 Å². The van der Waals surface area contributed by atoms with Crippen LogP contribution in [0.25, 0.3) is 0 Å². The first-order valence-electron chi connectivity index (χ1n) is 5.64. The Kier molecular flexibility index (Phi) is 4.97. The molecule has 2 atom stereocenters. The predicted octanol–water partition coefficient (Wildman–Crippen LogP) is 1.65. The molecule has 1 aromatic rings. The Morgan fingerprint density at radius 1 is 1.29 bits per heavy atom. The number of hydrogen-bond donors (Lipinski definition) is 1. The molecule has 4 nitrogen and oxygen atoms in total. The summed E-state index contributed by atoms with van der Waals surface area (Å²) >= 11 is 0. The van der Waals surface area contributed by atoms with Crippen LogP contribution in [0.1, 0.15) is 19.4 Å². The summed E-state index contributed by atoms with van der Waals surface area (Å²) < 4.78 is 10.6. The zero-order chi connectivity index (χ0) is 12.8. The largest absolute Gasteiger partial charge is 0.487 e. The Hall–Kier alpha value is -1.55. The summed E-state index contributed by atoms with van der Waals surface area (Å²) in [6.07, 6.45) is -0.194. The van der Waals surface area contributed by atoms with Crippen molar-refractivity contribution < 1.29 is 14.3 Å². The lowest BCUT2D eigenvalue weighted by molar-refractivity contribution is -0.146. The van der Waals surface area contributed by atoms with Gasteiger partial charge in [0.1, 0.15) is 24.5 Å². The number of carbonyl (C=O) groups is 1. The highest BCUT2D eigenvalue weighted by Gasteiger charge is 2.11. The van der Waals surface area contributed by atoms with Crippen LogP contribution in [0.2, 0.25) is 0 Å². The van der Waals surface area contributed by atoms with E-state index in [2.05, 4.69) is 0 Å². The van der Waals surface area contributed by atoms with Gasteiger partial charge in [0.15, 0.2) is 0 Å². The third-order valence-corrected chi connectivity index (χ3v) is 2.19. The summed E-state index contributed by atoms with van der Waals surface area (Å²) in [5.74, 6) is 0.351. The van der Waals surface area contributed by atoms with Crippen molar-refractivity contribution >= 4 is 5.97 Å². The van der Waals surface area contributed by atoms with Gasteiger partial charge in [-0.05, 0) is 32.9 Å². The first-order chi connectivity index (χ1) is 7.99. The Balaban J connectivity index is 2.37. The Morgan fingerprint density at radius 3 is 2.41 bits per heavy atom. The summed E-state index contributed by atoms with van der Waals surface area (Å²) in [4.78, 5) is 11.1. The molecule has 0 radical (unpaired) electrons. The van der Waals surface area contributed by atoms with Gasteiger partial charge in [-0.2, -0.15) is 0 Å². The highest BCUT2D eigenvalue weighted by atomic mass is 16.6. The second-order valence-corrected chi connectivity index (χ2v) is 4.16. The molecule has 1 rings (SSSR count). The lowest BCUT2D eigenvalue weighted by Gasteiger charge is -2.15. The van der Waals surface area contributed by atoms with E-state index in [-0.39, 0.29) is 12.7 Å². The van der Waals surface area contributed by atoms with Gasteiger partial charge in [-0.3, -0.25) is 4.79 Å². The molecule has 94 valence electrons. The first kappa shape index (κ1) is 13.5. The fourth-order valence-electron chi connectivity index (χ4n) is 1.21. The van der Waals surface area contributed by atoms with Crippen LogP contribution in [-0.2, 0) is 9.53 Å². The van der Waals surface area contributed by atoms with Crippen molar-refractivity contribution in [3.8, 4) is 5.75 Å². The Labute approximate surface area is 102 Å².